The Bertz CT molecular complexity index is 812. The molecule has 0 aliphatic carbocycles. The van der Waals surface area contributed by atoms with Crippen molar-refractivity contribution >= 4 is 21.6 Å². The number of carbonyl (C=O) groups is 1. The van der Waals surface area contributed by atoms with Gasteiger partial charge in [0, 0.05) is 26.2 Å². The molecule has 2 aromatic carbocycles. The van der Waals surface area contributed by atoms with Crippen molar-refractivity contribution in [2.45, 2.75) is 24.7 Å². The largest absolute Gasteiger partial charge is 0.326 e. The van der Waals surface area contributed by atoms with E-state index in [1.165, 1.54) is 18.4 Å². The average Bonchev–Trinajstić information content (AvgIpc) is 2.55. The summed E-state index contributed by atoms with van der Waals surface area (Å²) in [6.45, 7) is 1.94. The van der Waals surface area contributed by atoms with Crippen molar-refractivity contribution in [3.8, 4) is 0 Å². The van der Waals surface area contributed by atoms with E-state index < -0.39 is 10.0 Å². The second kappa shape index (κ2) is 7.59. The molecule has 2 rings (SSSR count). The molecule has 0 fully saturated rings. The van der Waals surface area contributed by atoms with Crippen LogP contribution in [0.1, 0.15) is 17.5 Å². The lowest BCUT2D eigenvalue weighted by Crippen LogP contribution is -2.22. The van der Waals surface area contributed by atoms with Crippen LogP contribution < -0.4 is 5.32 Å². The molecule has 0 bridgehead atoms. The minimum atomic E-state index is -3.42. The minimum Gasteiger partial charge on any atom is -0.326 e. The summed E-state index contributed by atoms with van der Waals surface area (Å²) in [5, 5.41) is 2.89. The van der Waals surface area contributed by atoms with Gasteiger partial charge < -0.3 is 5.32 Å². The highest BCUT2D eigenvalue weighted by molar-refractivity contribution is 7.89. The molecule has 6 heteroatoms. The summed E-state index contributed by atoms with van der Waals surface area (Å²) in [5.41, 5.74) is 2.76. The van der Waals surface area contributed by atoms with Crippen LogP contribution in [0.2, 0.25) is 0 Å². The summed E-state index contributed by atoms with van der Waals surface area (Å²) in [5.74, 6) is -0.0608. The predicted molar refractivity (Wildman–Crippen MR) is 95.4 cm³/mol. The summed E-state index contributed by atoms with van der Waals surface area (Å²) in [4.78, 5) is 12.3. The van der Waals surface area contributed by atoms with Gasteiger partial charge in [0.25, 0.3) is 0 Å². The van der Waals surface area contributed by atoms with E-state index in [9.17, 15) is 13.2 Å². The van der Waals surface area contributed by atoms with Crippen LogP contribution in [0.5, 0.6) is 0 Å². The van der Waals surface area contributed by atoms with Crippen molar-refractivity contribution in [3.63, 3.8) is 0 Å². The average molecular weight is 346 g/mol. The van der Waals surface area contributed by atoms with E-state index in [0.29, 0.717) is 12.8 Å². The lowest BCUT2D eigenvalue weighted by atomic mass is 10.1. The van der Waals surface area contributed by atoms with Crippen molar-refractivity contribution in [1.82, 2.24) is 4.31 Å². The van der Waals surface area contributed by atoms with E-state index >= 15 is 0 Å². The van der Waals surface area contributed by atoms with E-state index in [0.717, 1.165) is 16.8 Å². The highest BCUT2D eigenvalue weighted by Crippen LogP contribution is 2.16. The van der Waals surface area contributed by atoms with Gasteiger partial charge in [-0.2, -0.15) is 0 Å². The SMILES string of the molecule is Cc1ccccc1NC(=O)CCc1ccc(S(=O)(=O)N(C)C)cc1. The number of carbonyl (C=O) groups excluding carboxylic acids is 1. The third-order valence-electron chi connectivity index (χ3n) is 3.76. The smallest absolute Gasteiger partial charge is 0.242 e. The van der Waals surface area contributed by atoms with E-state index in [-0.39, 0.29) is 10.8 Å². The monoisotopic (exact) mass is 346 g/mol. The van der Waals surface area contributed by atoms with Crippen LogP contribution in [0.25, 0.3) is 0 Å². The Labute approximate surface area is 143 Å². The number of hydrogen-bond donors (Lipinski definition) is 1. The maximum atomic E-state index is 12.0. The number of para-hydroxylation sites is 1. The zero-order chi connectivity index (χ0) is 17.7. The number of benzene rings is 2. The van der Waals surface area contributed by atoms with Gasteiger partial charge in [0.1, 0.15) is 0 Å². The maximum Gasteiger partial charge on any atom is 0.242 e. The first kappa shape index (κ1) is 18.2. The molecular weight excluding hydrogens is 324 g/mol. The highest BCUT2D eigenvalue weighted by Gasteiger charge is 2.16. The van der Waals surface area contributed by atoms with Crippen LogP contribution in [0.15, 0.2) is 53.4 Å². The molecule has 0 saturated heterocycles. The van der Waals surface area contributed by atoms with Crippen LogP contribution in [-0.2, 0) is 21.2 Å². The van der Waals surface area contributed by atoms with E-state index in [4.69, 9.17) is 0 Å². The van der Waals surface area contributed by atoms with Gasteiger partial charge in [0.2, 0.25) is 15.9 Å². The van der Waals surface area contributed by atoms with Crippen molar-refractivity contribution < 1.29 is 13.2 Å². The standard InChI is InChI=1S/C18H22N2O3S/c1-14-6-4-5-7-17(14)19-18(21)13-10-15-8-11-16(12-9-15)24(22,23)20(2)3/h4-9,11-12H,10,13H2,1-3H3,(H,19,21). The first-order chi connectivity index (χ1) is 11.3. The summed E-state index contributed by atoms with van der Waals surface area (Å²) in [6, 6.07) is 14.3. The summed E-state index contributed by atoms with van der Waals surface area (Å²) >= 11 is 0. The Morgan fingerprint density at radius 1 is 1.04 bits per heavy atom. The molecule has 0 heterocycles. The Balaban J connectivity index is 1.95. The quantitative estimate of drug-likeness (QED) is 0.875. The third-order valence-corrected chi connectivity index (χ3v) is 5.59. The lowest BCUT2D eigenvalue weighted by molar-refractivity contribution is -0.116. The highest BCUT2D eigenvalue weighted by atomic mass is 32.2. The maximum absolute atomic E-state index is 12.0. The molecule has 0 aliphatic rings. The molecule has 5 nitrogen and oxygen atoms in total. The van der Waals surface area contributed by atoms with Gasteiger partial charge in [0.15, 0.2) is 0 Å². The summed E-state index contributed by atoms with van der Waals surface area (Å²) in [6.07, 6.45) is 0.897. The Hall–Kier alpha value is -2.18. The van der Waals surface area contributed by atoms with E-state index in [2.05, 4.69) is 5.32 Å². The van der Waals surface area contributed by atoms with Gasteiger partial charge in [0.05, 0.1) is 4.90 Å². The first-order valence-corrected chi connectivity index (χ1v) is 9.11. The molecular formula is C18H22N2O3S. The Morgan fingerprint density at radius 2 is 1.67 bits per heavy atom. The van der Waals surface area contributed by atoms with E-state index in [1.807, 2.05) is 31.2 Å². The fourth-order valence-corrected chi connectivity index (χ4v) is 3.12. The van der Waals surface area contributed by atoms with Crippen LogP contribution in [0, 0.1) is 6.92 Å². The molecule has 2 aromatic rings. The van der Waals surface area contributed by atoms with Crippen molar-refractivity contribution in [2.75, 3.05) is 19.4 Å². The number of sulfonamides is 1. The van der Waals surface area contributed by atoms with Gasteiger partial charge in [-0.1, -0.05) is 30.3 Å². The second-order valence-electron chi connectivity index (χ2n) is 5.79. The van der Waals surface area contributed by atoms with Gasteiger partial charge in [-0.05, 0) is 42.7 Å². The molecule has 0 saturated carbocycles. The number of amides is 1. The van der Waals surface area contributed by atoms with Gasteiger partial charge >= 0.3 is 0 Å². The van der Waals surface area contributed by atoms with Crippen LogP contribution in [0.3, 0.4) is 0 Å². The number of rotatable bonds is 6. The molecule has 128 valence electrons. The molecule has 0 spiro atoms. The number of aryl methyl sites for hydroxylation is 2. The molecule has 24 heavy (non-hydrogen) atoms. The third kappa shape index (κ3) is 4.43. The van der Waals surface area contributed by atoms with Gasteiger partial charge in [-0.25, -0.2) is 12.7 Å². The van der Waals surface area contributed by atoms with Crippen LogP contribution >= 0.6 is 0 Å². The Morgan fingerprint density at radius 3 is 2.25 bits per heavy atom. The van der Waals surface area contributed by atoms with Crippen LogP contribution in [-0.4, -0.2) is 32.7 Å². The lowest BCUT2D eigenvalue weighted by Gasteiger charge is -2.11. The molecule has 1 N–H and O–H groups in total. The fraction of sp³-hybridized carbons (Fsp3) is 0.278. The zero-order valence-corrected chi connectivity index (χ0v) is 14.9. The van der Waals surface area contributed by atoms with Gasteiger partial charge in [-0.15, -0.1) is 0 Å². The molecule has 0 unspecified atom stereocenters. The van der Waals surface area contributed by atoms with Crippen LogP contribution in [0.4, 0.5) is 5.69 Å². The Kier molecular flexibility index (Phi) is 5.75. The van der Waals surface area contributed by atoms with Crippen molar-refractivity contribution in [2.24, 2.45) is 0 Å². The number of anilines is 1. The predicted octanol–water partition coefficient (Wildman–Crippen LogP) is 2.82. The van der Waals surface area contributed by atoms with Crippen molar-refractivity contribution in [1.29, 1.82) is 0 Å². The van der Waals surface area contributed by atoms with Gasteiger partial charge in [-0.3, -0.25) is 4.79 Å². The summed E-state index contributed by atoms with van der Waals surface area (Å²) in [7, 11) is -0.418. The molecule has 1 amide bonds. The normalized spacial score (nSPS) is 11.5. The number of nitrogens with zero attached hydrogens (tertiary/aromatic N) is 1. The topological polar surface area (TPSA) is 66.5 Å². The molecule has 0 aromatic heterocycles. The minimum absolute atomic E-state index is 0.0608. The number of nitrogens with one attached hydrogen (secondary N) is 1. The molecule has 0 atom stereocenters. The second-order valence-corrected chi connectivity index (χ2v) is 7.95. The van der Waals surface area contributed by atoms with E-state index in [1.54, 1.807) is 24.3 Å². The first-order valence-electron chi connectivity index (χ1n) is 7.67. The molecule has 0 radical (unpaired) electrons. The fourth-order valence-electron chi connectivity index (χ4n) is 2.22. The zero-order valence-electron chi connectivity index (χ0n) is 14.1. The summed E-state index contributed by atoms with van der Waals surface area (Å²) < 4.78 is 25.2. The van der Waals surface area contributed by atoms with Crippen molar-refractivity contribution in [3.05, 3.63) is 59.7 Å². The number of hydrogen-bond acceptors (Lipinski definition) is 3. The molecule has 0 aliphatic heterocycles.